The van der Waals surface area contributed by atoms with Crippen LogP contribution in [0, 0.1) is 5.92 Å². The number of carbonyl (C=O) groups is 1. The normalized spacial score (nSPS) is 18.1. The van der Waals surface area contributed by atoms with Crippen molar-refractivity contribution in [1.82, 2.24) is 10.0 Å². The molecule has 1 amide bonds. The van der Waals surface area contributed by atoms with Crippen LogP contribution in [0.2, 0.25) is 0 Å². The van der Waals surface area contributed by atoms with E-state index in [1.165, 1.54) is 11.6 Å². The molecule has 6 nitrogen and oxygen atoms in total. The Kier molecular flexibility index (Phi) is 6.37. The van der Waals surface area contributed by atoms with Crippen LogP contribution in [0.3, 0.4) is 0 Å². The molecule has 0 fully saturated rings. The maximum absolute atomic E-state index is 12.9. The van der Waals surface area contributed by atoms with E-state index in [9.17, 15) is 13.2 Å². The zero-order valence-corrected chi connectivity index (χ0v) is 17.7. The predicted octanol–water partition coefficient (Wildman–Crippen LogP) is 2.89. The van der Waals surface area contributed by atoms with Gasteiger partial charge in [0.1, 0.15) is 11.9 Å². The second-order valence-electron chi connectivity index (χ2n) is 7.70. The molecule has 1 heterocycles. The SMILES string of the molecule is CC(C)[C@@H](N=C1NS(=O)(=O)c2ccccc21)C(=O)N[C@H](C)CCc1ccccc1. The average molecular weight is 414 g/mol. The Balaban J connectivity index is 1.71. The third-order valence-corrected chi connectivity index (χ3v) is 6.33. The number of hydrogen-bond acceptors (Lipinski definition) is 4. The smallest absolute Gasteiger partial charge is 0.263 e. The lowest BCUT2D eigenvalue weighted by atomic mass is 10.0. The van der Waals surface area contributed by atoms with Gasteiger partial charge in [0.05, 0.1) is 4.90 Å². The second kappa shape index (κ2) is 8.78. The van der Waals surface area contributed by atoms with Crippen molar-refractivity contribution >= 4 is 21.8 Å². The van der Waals surface area contributed by atoms with Crippen molar-refractivity contribution in [3.8, 4) is 0 Å². The number of aryl methyl sites for hydroxylation is 1. The van der Waals surface area contributed by atoms with Gasteiger partial charge >= 0.3 is 0 Å². The number of sulfonamides is 1. The molecule has 0 aromatic heterocycles. The minimum atomic E-state index is -3.63. The Morgan fingerprint density at radius 3 is 2.38 bits per heavy atom. The van der Waals surface area contributed by atoms with E-state index in [2.05, 4.69) is 27.2 Å². The predicted molar refractivity (Wildman–Crippen MR) is 114 cm³/mol. The van der Waals surface area contributed by atoms with Crippen molar-refractivity contribution in [3.63, 3.8) is 0 Å². The van der Waals surface area contributed by atoms with Gasteiger partial charge in [-0.1, -0.05) is 56.3 Å². The summed E-state index contributed by atoms with van der Waals surface area (Å²) in [6.45, 7) is 5.77. The molecule has 2 N–H and O–H groups in total. The first-order valence-corrected chi connectivity index (χ1v) is 11.3. The molecule has 29 heavy (non-hydrogen) atoms. The van der Waals surface area contributed by atoms with Gasteiger partial charge in [-0.15, -0.1) is 0 Å². The fourth-order valence-corrected chi connectivity index (χ4v) is 4.55. The maximum Gasteiger partial charge on any atom is 0.263 e. The first kappa shape index (κ1) is 21.0. The van der Waals surface area contributed by atoms with Gasteiger partial charge in [0.15, 0.2) is 0 Å². The largest absolute Gasteiger partial charge is 0.352 e. The highest BCUT2D eigenvalue weighted by molar-refractivity contribution is 7.90. The second-order valence-corrected chi connectivity index (χ2v) is 9.35. The van der Waals surface area contributed by atoms with Gasteiger partial charge in [-0.05, 0) is 43.4 Å². The highest BCUT2D eigenvalue weighted by Crippen LogP contribution is 2.23. The van der Waals surface area contributed by atoms with Gasteiger partial charge in [-0.3, -0.25) is 14.5 Å². The van der Waals surface area contributed by atoms with Crippen LogP contribution >= 0.6 is 0 Å². The number of fused-ring (bicyclic) bond motifs is 1. The molecule has 0 saturated heterocycles. The molecule has 7 heteroatoms. The van der Waals surface area contributed by atoms with Crippen molar-refractivity contribution in [2.45, 2.75) is 50.6 Å². The fourth-order valence-electron chi connectivity index (χ4n) is 3.31. The van der Waals surface area contributed by atoms with Crippen LogP contribution in [0.1, 0.15) is 38.3 Å². The van der Waals surface area contributed by atoms with Crippen molar-refractivity contribution in [2.24, 2.45) is 10.9 Å². The number of rotatable bonds is 7. The third kappa shape index (κ3) is 5.03. The van der Waals surface area contributed by atoms with Crippen LogP contribution in [-0.4, -0.2) is 32.2 Å². The van der Waals surface area contributed by atoms with Crippen molar-refractivity contribution in [3.05, 3.63) is 65.7 Å². The lowest BCUT2D eigenvalue weighted by Crippen LogP contribution is -2.42. The fraction of sp³-hybridized carbons (Fsp3) is 0.364. The third-order valence-electron chi connectivity index (χ3n) is 4.93. The van der Waals surface area contributed by atoms with Crippen LogP contribution in [0.15, 0.2) is 64.5 Å². The molecule has 3 rings (SSSR count). The van der Waals surface area contributed by atoms with E-state index < -0.39 is 16.1 Å². The Hall–Kier alpha value is -2.67. The summed E-state index contributed by atoms with van der Waals surface area (Å²) in [4.78, 5) is 17.6. The number of carbonyl (C=O) groups excluding carboxylic acids is 1. The van der Waals surface area contributed by atoms with Crippen LogP contribution in [0.25, 0.3) is 0 Å². The summed E-state index contributed by atoms with van der Waals surface area (Å²) in [7, 11) is -3.63. The molecule has 1 aliphatic rings. The number of amides is 1. The van der Waals surface area contributed by atoms with Crippen LogP contribution in [0.4, 0.5) is 0 Å². The van der Waals surface area contributed by atoms with E-state index in [4.69, 9.17) is 0 Å². The number of benzene rings is 2. The first-order valence-electron chi connectivity index (χ1n) is 9.82. The van der Waals surface area contributed by atoms with E-state index in [0.717, 1.165) is 12.8 Å². The van der Waals surface area contributed by atoms with E-state index in [1.54, 1.807) is 18.2 Å². The molecular weight excluding hydrogens is 386 g/mol. The molecule has 0 saturated carbocycles. The number of hydrogen-bond donors (Lipinski definition) is 2. The molecule has 0 spiro atoms. The van der Waals surface area contributed by atoms with E-state index in [1.807, 2.05) is 39.0 Å². The minimum Gasteiger partial charge on any atom is -0.352 e. The summed E-state index contributed by atoms with van der Waals surface area (Å²) in [6.07, 6.45) is 1.68. The van der Waals surface area contributed by atoms with Gasteiger partial charge in [0.25, 0.3) is 10.0 Å². The molecule has 0 bridgehead atoms. The monoisotopic (exact) mass is 413 g/mol. The van der Waals surface area contributed by atoms with E-state index in [0.29, 0.717) is 5.56 Å². The van der Waals surface area contributed by atoms with E-state index in [-0.39, 0.29) is 28.6 Å². The molecule has 2 aromatic carbocycles. The summed E-state index contributed by atoms with van der Waals surface area (Å²) in [5.74, 6) is -0.0517. The highest BCUT2D eigenvalue weighted by Gasteiger charge is 2.32. The van der Waals surface area contributed by atoms with Gasteiger partial charge < -0.3 is 5.32 Å². The highest BCUT2D eigenvalue weighted by atomic mass is 32.2. The molecule has 1 aliphatic heterocycles. The average Bonchev–Trinajstić information content (AvgIpc) is 2.95. The molecular formula is C22H27N3O3S. The zero-order valence-electron chi connectivity index (χ0n) is 16.9. The van der Waals surface area contributed by atoms with Crippen LogP contribution in [0.5, 0.6) is 0 Å². The van der Waals surface area contributed by atoms with Gasteiger partial charge in [0.2, 0.25) is 5.91 Å². The molecule has 2 atom stereocenters. The van der Waals surface area contributed by atoms with Gasteiger partial charge in [0, 0.05) is 11.6 Å². The maximum atomic E-state index is 12.9. The van der Waals surface area contributed by atoms with Crippen molar-refractivity contribution < 1.29 is 13.2 Å². The molecule has 0 unspecified atom stereocenters. The number of nitrogens with one attached hydrogen (secondary N) is 2. The quantitative estimate of drug-likeness (QED) is 0.732. The zero-order chi connectivity index (χ0) is 21.0. The van der Waals surface area contributed by atoms with Crippen molar-refractivity contribution in [1.29, 1.82) is 0 Å². The summed E-state index contributed by atoms with van der Waals surface area (Å²) in [6, 6.07) is 16.1. The Labute approximate surface area is 172 Å². The van der Waals surface area contributed by atoms with Gasteiger partial charge in [-0.2, -0.15) is 0 Å². The molecule has 2 aromatic rings. The van der Waals surface area contributed by atoms with Crippen LogP contribution in [-0.2, 0) is 21.2 Å². The van der Waals surface area contributed by atoms with Crippen molar-refractivity contribution in [2.75, 3.05) is 0 Å². The Bertz CT molecular complexity index is 1000. The minimum absolute atomic E-state index is 0.0169. The lowest BCUT2D eigenvalue weighted by molar-refractivity contribution is -0.123. The first-order chi connectivity index (χ1) is 13.8. The van der Waals surface area contributed by atoms with E-state index >= 15 is 0 Å². The number of nitrogens with zero attached hydrogens (tertiary/aromatic N) is 1. The Morgan fingerprint density at radius 2 is 1.69 bits per heavy atom. The topological polar surface area (TPSA) is 87.6 Å². The molecule has 154 valence electrons. The Morgan fingerprint density at radius 1 is 1.03 bits per heavy atom. The summed E-state index contributed by atoms with van der Waals surface area (Å²) >= 11 is 0. The summed E-state index contributed by atoms with van der Waals surface area (Å²) in [5, 5.41) is 3.03. The van der Waals surface area contributed by atoms with Crippen LogP contribution < -0.4 is 10.0 Å². The lowest BCUT2D eigenvalue weighted by Gasteiger charge is -2.21. The molecule has 0 aliphatic carbocycles. The number of amidine groups is 1. The summed E-state index contributed by atoms with van der Waals surface area (Å²) in [5.41, 5.74) is 1.73. The molecule has 0 radical (unpaired) electrons. The summed E-state index contributed by atoms with van der Waals surface area (Å²) < 4.78 is 27.1. The van der Waals surface area contributed by atoms with Gasteiger partial charge in [-0.25, -0.2) is 8.42 Å². The standard InChI is InChI=1S/C22H27N3O3S/c1-15(2)20(22(26)23-16(3)13-14-17-9-5-4-6-10-17)24-21-18-11-7-8-12-19(18)29(27,28)25-21/h4-12,15-16,20H,13-14H2,1-3H3,(H,23,26)(H,24,25)/t16-,20-/m1/s1. The number of aliphatic imine (C=N–C) groups is 1.